The molecule has 0 unspecified atom stereocenters. The van der Waals surface area contributed by atoms with Crippen molar-refractivity contribution in [3.63, 3.8) is 0 Å². The van der Waals surface area contributed by atoms with Crippen molar-refractivity contribution in [1.29, 1.82) is 0 Å². The zero-order chi connectivity index (χ0) is 15.3. The molecule has 2 heterocycles. The van der Waals surface area contributed by atoms with Crippen LogP contribution in [0.1, 0.15) is 5.69 Å². The maximum Gasteiger partial charge on any atom is 0.406 e. The molecule has 1 amide bonds. The lowest BCUT2D eigenvalue weighted by Crippen LogP contribution is -2.38. The van der Waals surface area contributed by atoms with Gasteiger partial charge in [0.2, 0.25) is 0 Å². The minimum absolute atomic E-state index is 0.0530. The number of alkyl halides is 3. The number of nitrogens with zero attached hydrogens (tertiary/aromatic N) is 3. The average Bonchev–Trinajstić information content (AvgIpc) is 2.95. The summed E-state index contributed by atoms with van der Waals surface area (Å²) in [4.78, 5) is 20.3. The number of pyridine rings is 1. The molecule has 0 aromatic carbocycles. The summed E-state index contributed by atoms with van der Waals surface area (Å²) in [6.07, 6.45) is -0.765. The smallest absolute Gasteiger partial charge is 0.284 e. The van der Waals surface area contributed by atoms with Gasteiger partial charge >= 0.3 is 6.18 Å². The number of halogens is 3. The Morgan fingerprint density at radius 2 is 2.14 bits per heavy atom. The van der Waals surface area contributed by atoms with Gasteiger partial charge in [0, 0.05) is 17.7 Å². The monoisotopic (exact) mass is 313 g/mol. The topological polar surface area (TPSA) is 46.1 Å². The maximum atomic E-state index is 12.6. The van der Waals surface area contributed by atoms with Gasteiger partial charge in [-0.3, -0.25) is 9.69 Å². The summed E-state index contributed by atoms with van der Waals surface area (Å²) in [5, 5.41) is 1.68. The van der Waals surface area contributed by atoms with Gasteiger partial charge in [0.15, 0.2) is 0 Å². The van der Waals surface area contributed by atoms with E-state index in [1.54, 1.807) is 17.0 Å². The number of amides is 1. The summed E-state index contributed by atoms with van der Waals surface area (Å²) < 4.78 is 37.8. The normalized spacial score (nSPS) is 11.8. The predicted octanol–water partition coefficient (Wildman–Crippen LogP) is 3.15. The van der Waals surface area contributed by atoms with Gasteiger partial charge < -0.3 is 0 Å². The number of hydrogen-bond acceptors (Lipinski definition) is 4. The van der Waals surface area contributed by atoms with Crippen molar-refractivity contribution in [2.45, 2.75) is 6.18 Å². The molecular weight excluding hydrogens is 303 g/mol. The van der Waals surface area contributed by atoms with Crippen LogP contribution in [0.15, 0.2) is 41.4 Å². The molecule has 21 heavy (non-hydrogen) atoms. The fraction of sp³-hybridized carbons (Fsp3) is 0.154. The molecule has 0 spiro atoms. The molecule has 0 saturated heterocycles. The SMILES string of the molecule is O=C(/C=C\c1cscn1)N(CC(F)(F)F)c1ccccn1. The van der Waals surface area contributed by atoms with Crippen LogP contribution in [0, 0.1) is 0 Å². The molecule has 0 aliphatic rings. The highest BCUT2D eigenvalue weighted by Crippen LogP contribution is 2.21. The zero-order valence-electron chi connectivity index (χ0n) is 10.6. The number of carbonyl (C=O) groups excluding carboxylic acids is 1. The van der Waals surface area contributed by atoms with E-state index in [1.165, 1.54) is 35.7 Å². The lowest BCUT2D eigenvalue weighted by atomic mass is 10.3. The fourth-order valence-corrected chi connectivity index (χ4v) is 2.04. The number of hydrogen-bond donors (Lipinski definition) is 0. The Bertz CT molecular complexity index is 611. The summed E-state index contributed by atoms with van der Waals surface area (Å²) in [7, 11) is 0. The van der Waals surface area contributed by atoms with E-state index < -0.39 is 18.6 Å². The molecule has 4 nitrogen and oxygen atoms in total. The van der Waals surface area contributed by atoms with E-state index in [4.69, 9.17) is 0 Å². The highest BCUT2D eigenvalue weighted by Gasteiger charge is 2.33. The number of thiazole rings is 1. The van der Waals surface area contributed by atoms with Crippen molar-refractivity contribution in [3.05, 3.63) is 47.1 Å². The van der Waals surface area contributed by atoms with E-state index in [9.17, 15) is 18.0 Å². The summed E-state index contributed by atoms with van der Waals surface area (Å²) in [6.45, 7) is -1.40. The molecule has 0 fully saturated rings. The van der Waals surface area contributed by atoms with E-state index >= 15 is 0 Å². The van der Waals surface area contributed by atoms with Crippen molar-refractivity contribution in [2.24, 2.45) is 0 Å². The number of carbonyl (C=O) groups is 1. The van der Waals surface area contributed by atoms with Crippen molar-refractivity contribution >= 4 is 29.1 Å². The van der Waals surface area contributed by atoms with E-state index in [-0.39, 0.29) is 5.82 Å². The van der Waals surface area contributed by atoms with E-state index in [2.05, 4.69) is 9.97 Å². The highest BCUT2D eigenvalue weighted by molar-refractivity contribution is 7.07. The Labute approximate surface area is 122 Å². The van der Waals surface area contributed by atoms with Crippen molar-refractivity contribution in [1.82, 2.24) is 9.97 Å². The van der Waals surface area contributed by atoms with Crippen LogP contribution in [0.4, 0.5) is 19.0 Å². The molecule has 2 aromatic rings. The van der Waals surface area contributed by atoms with E-state index in [0.29, 0.717) is 10.6 Å². The van der Waals surface area contributed by atoms with Gasteiger partial charge in [0.05, 0.1) is 11.2 Å². The second kappa shape index (κ2) is 6.49. The fourth-order valence-electron chi connectivity index (χ4n) is 1.52. The van der Waals surface area contributed by atoms with Crippen LogP contribution in [0.25, 0.3) is 6.08 Å². The third kappa shape index (κ3) is 4.67. The average molecular weight is 313 g/mol. The number of aromatic nitrogens is 2. The third-order valence-corrected chi connectivity index (χ3v) is 2.98. The first-order valence-corrected chi connectivity index (χ1v) is 6.75. The van der Waals surface area contributed by atoms with Crippen LogP contribution < -0.4 is 4.90 Å². The largest absolute Gasteiger partial charge is 0.406 e. The summed E-state index contributed by atoms with van der Waals surface area (Å²) in [5.41, 5.74) is 2.08. The van der Waals surface area contributed by atoms with Gasteiger partial charge in [0.1, 0.15) is 12.4 Å². The molecule has 0 radical (unpaired) electrons. The summed E-state index contributed by atoms with van der Waals surface area (Å²) >= 11 is 1.33. The first kappa shape index (κ1) is 15.2. The Hall–Kier alpha value is -2.22. The highest BCUT2D eigenvalue weighted by atomic mass is 32.1. The minimum atomic E-state index is -4.51. The standard InChI is InChI=1S/C13H10F3N3OS/c14-13(15,16)8-19(11-3-1-2-6-17-11)12(20)5-4-10-7-21-9-18-10/h1-7,9H,8H2/b5-4-. The Morgan fingerprint density at radius 1 is 1.33 bits per heavy atom. The molecular formula is C13H10F3N3OS. The van der Waals surface area contributed by atoms with Gasteiger partial charge in [-0.05, 0) is 18.2 Å². The lowest BCUT2D eigenvalue weighted by Gasteiger charge is -2.21. The second-order valence-corrected chi connectivity index (χ2v) is 4.69. The first-order valence-electron chi connectivity index (χ1n) is 5.81. The molecule has 110 valence electrons. The van der Waals surface area contributed by atoms with Crippen LogP contribution in [0.3, 0.4) is 0 Å². The third-order valence-electron chi connectivity index (χ3n) is 2.38. The minimum Gasteiger partial charge on any atom is -0.284 e. The first-order chi connectivity index (χ1) is 9.96. The van der Waals surface area contributed by atoms with Crippen LogP contribution in [0.2, 0.25) is 0 Å². The maximum absolute atomic E-state index is 12.6. The zero-order valence-corrected chi connectivity index (χ0v) is 11.4. The van der Waals surface area contributed by atoms with Gasteiger partial charge in [-0.25, -0.2) is 9.97 Å². The molecule has 8 heteroatoms. The van der Waals surface area contributed by atoms with Crippen LogP contribution in [0.5, 0.6) is 0 Å². The Balaban J connectivity index is 2.21. The van der Waals surface area contributed by atoms with E-state index in [1.807, 2.05) is 0 Å². The molecule has 0 N–H and O–H groups in total. The molecule has 0 atom stereocenters. The van der Waals surface area contributed by atoms with Crippen molar-refractivity contribution < 1.29 is 18.0 Å². The van der Waals surface area contributed by atoms with Crippen LogP contribution >= 0.6 is 11.3 Å². The quantitative estimate of drug-likeness (QED) is 0.815. The second-order valence-electron chi connectivity index (χ2n) is 3.97. The van der Waals surface area contributed by atoms with Crippen molar-refractivity contribution in [3.8, 4) is 0 Å². The van der Waals surface area contributed by atoms with Gasteiger partial charge in [-0.15, -0.1) is 11.3 Å². The summed E-state index contributed by atoms with van der Waals surface area (Å²) in [6, 6.07) is 4.42. The Kier molecular flexibility index (Phi) is 4.69. The molecule has 0 saturated carbocycles. The molecule has 0 bridgehead atoms. The lowest BCUT2D eigenvalue weighted by molar-refractivity contribution is -0.130. The number of anilines is 1. The molecule has 2 aromatic heterocycles. The summed E-state index contributed by atoms with van der Waals surface area (Å²) in [5.74, 6) is -0.859. The predicted molar refractivity (Wildman–Crippen MR) is 73.8 cm³/mol. The molecule has 0 aliphatic heterocycles. The van der Waals surface area contributed by atoms with Gasteiger partial charge in [-0.2, -0.15) is 13.2 Å². The number of rotatable bonds is 4. The van der Waals surface area contributed by atoms with Gasteiger partial charge in [-0.1, -0.05) is 6.07 Å². The van der Waals surface area contributed by atoms with Crippen molar-refractivity contribution in [2.75, 3.05) is 11.4 Å². The van der Waals surface area contributed by atoms with Crippen LogP contribution in [-0.4, -0.2) is 28.6 Å². The van der Waals surface area contributed by atoms with Gasteiger partial charge in [0.25, 0.3) is 5.91 Å². The van der Waals surface area contributed by atoms with Crippen LogP contribution in [-0.2, 0) is 4.79 Å². The molecule has 0 aliphatic carbocycles. The van der Waals surface area contributed by atoms with E-state index in [0.717, 1.165) is 6.08 Å². The Morgan fingerprint density at radius 3 is 2.71 bits per heavy atom. The molecule has 2 rings (SSSR count).